The molecule has 15 heteroatoms. The van der Waals surface area contributed by atoms with Gasteiger partial charge in [-0.05, 0) is 177 Å². The van der Waals surface area contributed by atoms with Gasteiger partial charge in [0.25, 0.3) is 0 Å². The van der Waals surface area contributed by atoms with Crippen molar-refractivity contribution in [3.05, 3.63) is 105 Å². The molecule has 0 radical (unpaired) electrons. The lowest BCUT2D eigenvalue weighted by Crippen LogP contribution is -2.39. The molecule has 3 aromatic rings. The Hall–Kier alpha value is -6.12. The summed E-state index contributed by atoms with van der Waals surface area (Å²) in [4.78, 5) is 104. The topological polar surface area (TPSA) is 185 Å². The molecule has 3 aromatic carbocycles. The third kappa shape index (κ3) is 13.0. The summed E-state index contributed by atoms with van der Waals surface area (Å²) in [5.41, 5.74) is 5.89. The molecule has 0 heterocycles. The fourth-order valence-electron chi connectivity index (χ4n) is 9.87. The predicted octanol–water partition coefficient (Wildman–Crippen LogP) is 10.9. The quantitative estimate of drug-likeness (QED) is 0.0854. The van der Waals surface area contributed by atoms with Crippen LogP contribution in [-0.2, 0) is 43.5 Å². The van der Waals surface area contributed by atoms with E-state index in [1.165, 1.54) is 0 Å². The number of hydrogen-bond acceptors (Lipinski definition) is 15. The third-order valence-corrected chi connectivity index (χ3v) is 12.9. The number of ether oxygens (including phenoxy) is 3. The second-order valence-corrected chi connectivity index (χ2v) is 17.6. The summed E-state index contributed by atoms with van der Waals surface area (Å²) in [6, 6.07) is 15.6. The predicted molar refractivity (Wildman–Crippen MR) is 227 cm³/mol. The minimum absolute atomic E-state index is 0.282. The van der Waals surface area contributed by atoms with Crippen molar-refractivity contribution >= 4 is 36.4 Å². The standard InChI is InChI=1S/C49H58O15/c1-28-7-22-40(31(4)25-28)44(50)59-62-47(53)56-37-16-10-34(11-17-37)43(35-12-18-38(19-13-35)57-48(54)63-60-45(51)41-23-8-29(2)26-32(41)5)36-14-20-39(21-15-36)58-49(55)64-61-46(52)42-24-9-30(3)27-33(42)6/h7-9,22-27,34-39,43H,10-21H2,1-6H3. The van der Waals surface area contributed by atoms with Crippen LogP contribution in [0.1, 0.15) is 142 Å². The van der Waals surface area contributed by atoms with E-state index in [2.05, 4.69) is 0 Å². The van der Waals surface area contributed by atoms with Crippen LogP contribution in [0.15, 0.2) is 54.6 Å². The fourth-order valence-corrected chi connectivity index (χ4v) is 9.87. The molecule has 0 saturated heterocycles. The molecule has 64 heavy (non-hydrogen) atoms. The zero-order valence-corrected chi connectivity index (χ0v) is 37.3. The monoisotopic (exact) mass is 886 g/mol. The van der Waals surface area contributed by atoms with Crippen LogP contribution in [0.2, 0.25) is 0 Å². The van der Waals surface area contributed by atoms with Crippen molar-refractivity contribution in [1.29, 1.82) is 0 Å². The van der Waals surface area contributed by atoms with E-state index in [-0.39, 0.29) is 22.6 Å². The van der Waals surface area contributed by atoms with Crippen molar-refractivity contribution < 1.29 is 72.3 Å². The molecule has 3 saturated carbocycles. The van der Waals surface area contributed by atoms with Crippen LogP contribution in [0.4, 0.5) is 14.4 Å². The van der Waals surface area contributed by atoms with Crippen LogP contribution in [0.25, 0.3) is 0 Å². The van der Waals surface area contributed by atoms with E-state index in [0.29, 0.717) is 73.0 Å². The Labute approximate surface area is 373 Å². The fraction of sp³-hybridized carbons (Fsp3) is 0.510. The number of aryl methyl sites for hydroxylation is 6. The highest BCUT2D eigenvalue weighted by Crippen LogP contribution is 2.48. The van der Waals surface area contributed by atoms with Crippen molar-refractivity contribution in [1.82, 2.24) is 0 Å². The van der Waals surface area contributed by atoms with Crippen molar-refractivity contribution in [2.45, 2.75) is 137 Å². The van der Waals surface area contributed by atoms with Crippen LogP contribution in [0, 0.1) is 65.2 Å². The molecule has 3 aliphatic rings. The third-order valence-electron chi connectivity index (χ3n) is 12.9. The van der Waals surface area contributed by atoms with Crippen molar-refractivity contribution in [2.24, 2.45) is 23.7 Å². The van der Waals surface area contributed by atoms with E-state index in [9.17, 15) is 28.8 Å². The van der Waals surface area contributed by atoms with Gasteiger partial charge >= 0.3 is 36.4 Å². The molecule has 3 fully saturated rings. The summed E-state index contributed by atoms with van der Waals surface area (Å²) in [6.07, 6.45) is 3.81. The summed E-state index contributed by atoms with van der Waals surface area (Å²) in [5, 5.41) is 0. The highest BCUT2D eigenvalue weighted by atomic mass is 17.2. The Bertz CT molecular complexity index is 1920. The van der Waals surface area contributed by atoms with E-state index in [0.717, 1.165) is 55.2 Å². The summed E-state index contributed by atoms with van der Waals surface area (Å²) in [7, 11) is 0. The average molecular weight is 887 g/mol. The maximum absolute atomic E-state index is 12.6. The number of carbonyl (C=O) groups excluding carboxylic acids is 6. The first-order valence-electron chi connectivity index (χ1n) is 22.1. The largest absolute Gasteiger partial charge is 0.550 e. The van der Waals surface area contributed by atoms with Gasteiger partial charge in [0.15, 0.2) is 0 Å². The van der Waals surface area contributed by atoms with E-state index < -0.39 is 54.7 Å². The molecule has 0 atom stereocenters. The van der Waals surface area contributed by atoms with Crippen LogP contribution >= 0.6 is 0 Å². The number of hydrogen-bond donors (Lipinski definition) is 0. The number of rotatable bonds is 9. The van der Waals surface area contributed by atoms with Gasteiger partial charge in [-0.1, -0.05) is 53.1 Å². The van der Waals surface area contributed by atoms with E-state index in [4.69, 9.17) is 43.5 Å². The molecule has 0 bridgehead atoms. The molecule has 15 nitrogen and oxygen atoms in total. The lowest BCUT2D eigenvalue weighted by Gasteiger charge is -2.45. The average Bonchev–Trinajstić information content (AvgIpc) is 3.26. The summed E-state index contributed by atoms with van der Waals surface area (Å²) in [6.45, 7) is 11.0. The molecule has 0 N–H and O–H groups in total. The molecular weight excluding hydrogens is 829 g/mol. The SMILES string of the molecule is Cc1ccc(C(=O)OOC(=O)OC2CCC(C(C3CCC(OC(=O)OOC(=O)c4ccc(C)cc4C)CC3)C3CCC(OC(=O)OOC(=O)c4ccc(C)cc4C)CC3)CC2)c(C)c1. The van der Waals surface area contributed by atoms with Crippen molar-refractivity contribution in [2.75, 3.05) is 0 Å². The molecule has 0 aromatic heterocycles. The maximum Gasteiger partial charge on any atom is 0.550 e. The molecule has 0 spiro atoms. The first-order chi connectivity index (χ1) is 30.6. The van der Waals surface area contributed by atoms with Gasteiger partial charge in [-0.15, -0.1) is 0 Å². The van der Waals surface area contributed by atoms with Gasteiger partial charge in [-0.3, -0.25) is 0 Å². The minimum atomic E-state index is -1.08. The van der Waals surface area contributed by atoms with Crippen molar-refractivity contribution in [3.63, 3.8) is 0 Å². The molecule has 6 rings (SSSR count). The zero-order valence-electron chi connectivity index (χ0n) is 37.3. The number of carbonyl (C=O) groups is 6. The van der Waals surface area contributed by atoms with Gasteiger partial charge in [-0.25, -0.2) is 43.7 Å². The van der Waals surface area contributed by atoms with Crippen molar-refractivity contribution in [3.8, 4) is 0 Å². The highest BCUT2D eigenvalue weighted by molar-refractivity contribution is 5.92. The Balaban J connectivity index is 1.00. The Kier molecular flexibility index (Phi) is 16.3. The van der Waals surface area contributed by atoms with Gasteiger partial charge in [0.1, 0.15) is 18.3 Å². The van der Waals surface area contributed by atoms with Crippen LogP contribution in [0.3, 0.4) is 0 Å². The summed E-state index contributed by atoms with van der Waals surface area (Å²) < 4.78 is 16.7. The van der Waals surface area contributed by atoms with Gasteiger partial charge in [0, 0.05) is 0 Å². The smallest absolute Gasteiger partial charge is 0.428 e. The Morgan fingerprint density at radius 1 is 0.375 bits per heavy atom. The first kappa shape index (κ1) is 47.4. The minimum Gasteiger partial charge on any atom is -0.428 e. The van der Waals surface area contributed by atoms with Crippen LogP contribution in [-0.4, -0.2) is 54.7 Å². The van der Waals surface area contributed by atoms with Crippen LogP contribution in [0.5, 0.6) is 0 Å². The van der Waals surface area contributed by atoms with E-state index >= 15 is 0 Å². The van der Waals surface area contributed by atoms with Gasteiger partial charge in [0.05, 0.1) is 16.7 Å². The molecule has 0 unspecified atom stereocenters. The molecule has 3 aliphatic carbocycles. The Morgan fingerprint density at radius 3 is 0.859 bits per heavy atom. The normalized spacial score (nSPS) is 22.4. The van der Waals surface area contributed by atoms with E-state index in [1.807, 2.05) is 39.0 Å². The van der Waals surface area contributed by atoms with Gasteiger partial charge in [0.2, 0.25) is 0 Å². The zero-order chi connectivity index (χ0) is 45.9. The van der Waals surface area contributed by atoms with E-state index in [1.54, 1.807) is 57.2 Å². The lowest BCUT2D eigenvalue weighted by atomic mass is 9.61. The molecule has 0 aliphatic heterocycles. The number of benzene rings is 3. The molecular formula is C49H58O15. The molecule has 344 valence electrons. The van der Waals surface area contributed by atoms with Gasteiger partial charge < -0.3 is 14.2 Å². The van der Waals surface area contributed by atoms with Crippen LogP contribution < -0.4 is 0 Å². The highest BCUT2D eigenvalue weighted by Gasteiger charge is 2.42. The second kappa shape index (κ2) is 22.0. The molecule has 0 amide bonds. The van der Waals surface area contributed by atoms with Gasteiger partial charge in [-0.2, -0.15) is 14.4 Å². The second-order valence-electron chi connectivity index (χ2n) is 17.6. The summed E-state index contributed by atoms with van der Waals surface area (Å²) in [5.74, 6) is -1.19. The Morgan fingerprint density at radius 2 is 0.625 bits per heavy atom. The summed E-state index contributed by atoms with van der Waals surface area (Å²) >= 11 is 0. The maximum atomic E-state index is 12.6. The first-order valence-corrected chi connectivity index (χ1v) is 22.1. The lowest BCUT2D eigenvalue weighted by molar-refractivity contribution is -0.209.